The fraction of sp³-hybridized carbons (Fsp3) is 1.00. The third-order valence-corrected chi connectivity index (χ3v) is 0.436. The predicted molar refractivity (Wildman–Crippen MR) is 21.1 cm³/mol. The first kappa shape index (κ1) is 13.8. The van der Waals surface area contributed by atoms with Crippen LogP contribution in [-0.2, 0) is 4.65 Å². The number of hydrogen-bond donors (Lipinski definition) is 0. The minimum atomic E-state index is -5.79. The average molecular weight is 174 g/mol. The van der Waals surface area contributed by atoms with E-state index in [1.165, 1.54) is 0 Å². The summed E-state index contributed by atoms with van der Waals surface area (Å²) in [6.45, 7) is -2.27. The molecule has 0 radical (unpaired) electrons. The molecular formula is C2H2BF6LiO. The van der Waals surface area contributed by atoms with Crippen LogP contribution in [0.5, 0.6) is 0 Å². The molecule has 11 heavy (non-hydrogen) atoms. The summed E-state index contributed by atoms with van der Waals surface area (Å²) in [5.41, 5.74) is 0. The number of hydrogen-bond acceptors (Lipinski definition) is 1. The van der Waals surface area contributed by atoms with Crippen molar-refractivity contribution in [3.63, 3.8) is 0 Å². The van der Waals surface area contributed by atoms with Gasteiger partial charge in [0.25, 0.3) is 0 Å². The molecule has 9 heteroatoms. The van der Waals surface area contributed by atoms with E-state index in [1.807, 2.05) is 0 Å². The Bertz CT molecular complexity index is 94.1. The van der Waals surface area contributed by atoms with Crippen molar-refractivity contribution in [2.45, 2.75) is 6.18 Å². The largest absolute Gasteiger partial charge is 1.00 e. The van der Waals surface area contributed by atoms with E-state index in [2.05, 4.69) is 4.65 Å². The van der Waals surface area contributed by atoms with Gasteiger partial charge in [-0.25, -0.2) is 0 Å². The van der Waals surface area contributed by atoms with Crippen LogP contribution in [0.4, 0.5) is 26.1 Å². The summed E-state index contributed by atoms with van der Waals surface area (Å²) in [7, 11) is -5.79. The van der Waals surface area contributed by atoms with Crippen molar-refractivity contribution in [3.05, 3.63) is 0 Å². The summed E-state index contributed by atoms with van der Waals surface area (Å²) >= 11 is 0. The Kier molecular flexibility index (Phi) is 5.36. The van der Waals surface area contributed by atoms with Gasteiger partial charge in [0.2, 0.25) is 0 Å². The molecule has 0 aliphatic heterocycles. The summed E-state index contributed by atoms with van der Waals surface area (Å²) < 4.78 is 68.2. The Balaban J connectivity index is 0. The molecule has 0 aliphatic rings. The van der Waals surface area contributed by atoms with Crippen molar-refractivity contribution in [2.24, 2.45) is 0 Å². The topological polar surface area (TPSA) is 9.23 Å². The van der Waals surface area contributed by atoms with E-state index in [0.29, 0.717) is 0 Å². The summed E-state index contributed by atoms with van der Waals surface area (Å²) in [6, 6.07) is 0. The molecule has 0 aromatic carbocycles. The number of alkyl halides is 3. The van der Waals surface area contributed by atoms with Crippen LogP contribution < -0.4 is 18.9 Å². The Morgan fingerprint density at radius 3 is 1.55 bits per heavy atom. The molecular weight excluding hydrogens is 172 g/mol. The van der Waals surface area contributed by atoms with E-state index in [9.17, 15) is 26.1 Å². The molecule has 0 aromatic rings. The van der Waals surface area contributed by atoms with Crippen molar-refractivity contribution in [1.29, 1.82) is 0 Å². The SMILES string of the molecule is F[B-](F)(F)OCC(F)(F)F.[Li+]. The molecule has 0 saturated carbocycles. The van der Waals surface area contributed by atoms with Gasteiger partial charge in [0.15, 0.2) is 0 Å². The van der Waals surface area contributed by atoms with E-state index >= 15 is 0 Å². The normalized spacial score (nSPS) is 12.5. The molecule has 0 N–H and O–H groups in total. The molecule has 62 valence electrons. The second-order valence-corrected chi connectivity index (χ2v) is 1.44. The number of halogens is 6. The van der Waals surface area contributed by atoms with E-state index in [-0.39, 0.29) is 18.9 Å². The van der Waals surface area contributed by atoms with E-state index in [0.717, 1.165) is 0 Å². The zero-order valence-electron chi connectivity index (χ0n) is 5.46. The molecule has 0 bridgehead atoms. The maximum Gasteiger partial charge on any atom is 1.00 e. The molecule has 0 amide bonds. The smallest absolute Gasteiger partial charge is 0.501 e. The van der Waals surface area contributed by atoms with Crippen molar-refractivity contribution in [2.75, 3.05) is 6.61 Å². The quantitative estimate of drug-likeness (QED) is 0.381. The first-order chi connectivity index (χ1) is 4.21. The average Bonchev–Trinajstić information content (AvgIpc) is 1.57. The fourth-order valence-corrected chi connectivity index (χ4v) is 0.189. The minimum Gasteiger partial charge on any atom is -0.501 e. The van der Waals surface area contributed by atoms with Crippen molar-refractivity contribution >= 4 is 7.18 Å². The van der Waals surface area contributed by atoms with Crippen LogP contribution in [0.25, 0.3) is 0 Å². The zero-order chi connectivity index (χ0) is 8.41. The van der Waals surface area contributed by atoms with Crippen LogP contribution in [0.1, 0.15) is 0 Å². The van der Waals surface area contributed by atoms with Crippen LogP contribution in [0, 0.1) is 0 Å². The van der Waals surface area contributed by atoms with Crippen LogP contribution in [0.15, 0.2) is 0 Å². The second-order valence-electron chi connectivity index (χ2n) is 1.44. The predicted octanol–water partition coefficient (Wildman–Crippen LogP) is -1.09. The Morgan fingerprint density at radius 2 is 1.45 bits per heavy atom. The summed E-state index contributed by atoms with van der Waals surface area (Å²) in [6.07, 6.45) is -4.92. The van der Waals surface area contributed by atoms with E-state index in [1.54, 1.807) is 0 Å². The molecule has 0 spiro atoms. The second kappa shape index (κ2) is 4.28. The molecule has 0 saturated heterocycles. The Hall–Kier alpha value is 0.202. The monoisotopic (exact) mass is 174 g/mol. The zero-order valence-corrected chi connectivity index (χ0v) is 5.46. The molecule has 0 fully saturated rings. The van der Waals surface area contributed by atoms with Crippen molar-refractivity contribution < 1.29 is 49.6 Å². The maximum absolute atomic E-state index is 11.0. The summed E-state index contributed by atoms with van der Waals surface area (Å²) in [5, 5.41) is 0. The molecule has 0 unspecified atom stereocenters. The third kappa shape index (κ3) is 13.2. The Labute approximate surface area is 70.3 Å². The first-order valence-electron chi connectivity index (χ1n) is 2.10. The molecule has 0 aliphatic carbocycles. The first-order valence-corrected chi connectivity index (χ1v) is 2.10. The number of rotatable bonds is 2. The van der Waals surface area contributed by atoms with Gasteiger partial charge in [-0.2, -0.15) is 13.2 Å². The van der Waals surface area contributed by atoms with Crippen LogP contribution in [0.3, 0.4) is 0 Å². The van der Waals surface area contributed by atoms with Crippen LogP contribution in [-0.4, -0.2) is 20.0 Å². The third-order valence-electron chi connectivity index (χ3n) is 0.436. The van der Waals surface area contributed by atoms with E-state index in [4.69, 9.17) is 0 Å². The summed E-state index contributed by atoms with van der Waals surface area (Å²) in [5.74, 6) is 0. The molecule has 0 heterocycles. The van der Waals surface area contributed by atoms with Gasteiger partial charge in [0.1, 0.15) is 6.61 Å². The fourth-order valence-electron chi connectivity index (χ4n) is 0.189. The standard InChI is InChI=1S/C2H2BF6O.Li/c4-2(5,6)1-10-3(7,8)9;/h1H2;/q-1;+1. The maximum atomic E-state index is 11.0. The van der Waals surface area contributed by atoms with E-state index < -0.39 is 20.0 Å². The molecule has 0 atom stereocenters. The Morgan fingerprint density at radius 1 is 1.09 bits per heavy atom. The van der Waals surface area contributed by atoms with Gasteiger partial charge in [0.05, 0.1) is 0 Å². The molecule has 0 aromatic heterocycles. The molecule has 1 nitrogen and oxygen atoms in total. The van der Waals surface area contributed by atoms with Gasteiger partial charge in [-0.1, -0.05) is 0 Å². The van der Waals surface area contributed by atoms with Gasteiger partial charge in [0, 0.05) is 0 Å². The van der Waals surface area contributed by atoms with Gasteiger partial charge in [-0.3, -0.25) is 0 Å². The minimum absolute atomic E-state index is 0. The van der Waals surface area contributed by atoms with Crippen molar-refractivity contribution in [3.8, 4) is 0 Å². The van der Waals surface area contributed by atoms with Gasteiger partial charge >= 0.3 is 32.2 Å². The van der Waals surface area contributed by atoms with Gasteiger partial charge in [-0.15, -0.1) is 0 Å². The van der Waals surface area contributed by atoms with Gasteiger partial charge in [-0.05, 0) is 0 Å². The van der Waals surface area contributed by atoms with Crippen molar-refractivity contribution in [1.82, 2.24) is 0 Å². The van der Waals surface area contributed by atoms with Crippen LogP contribution >= 0.6 is 0 Å². The van der Waals surface area contributed by atoms with Gasteiger partial charge < -0.3 is 17.6 Å². The van der Waals surface area contributed by atoms with Crippen LogP contribution in [0.2, 0.25) is 0 Å². The summed E-state index contributed by atoms with van der Waals surface area (Å²) in [4.78, 5) is 0. The molecule has 0 rings (SSSR count).